The van der Waals surface area contributed by atoms with Crippen LogP contribution in [0.15, 0.2) is 57.8 Å². The highest BCUT2D eigenvalue weighted by atomic mass is 16.8. The van der Waals surface area contributed by atoms with Crippen LogP contribution in [0.2, 0.25) is 0 Å². The molecule has 1 aromatic heterocycles. The first-order valence-electron chi connectivity index (χ1n) is 18.3. The van der Waals surface area contributed by atoms with E-state index in [1.807, 2.05) is 0 Å². The zero-order valence-electron chi connectivity index (χ0n) is 33.2. The lowest BCUT2D eigenvalue weighted by atomic mass is 9.96. The third-order valence-electron chi connectivity index (χ3n) is 9.84. The molecule has 0 unspecified atom stereocenters. The predicted molar refractivity (Wildman–Crippen MR) is 207 cm³/mol. The van der Waals surface area contributed by atoms with E-state index in [0.29, 0.717) is 0 Å². The van der Waals surface area contributed by atoms with Crippen LogP contribution in [0.25, 0.3) is 28.4 Å². The standard InChI is InChI=1S/C40H40O23/c1-54-21-7-14(8-22(55-2)27(21)44)5-6-25(43)60-35-31(48)29(46)34(38(52)53)62-40(35)63-36-32(49)30(47)33(37(50)51)61-39(36)58-16-11-17(41)26-18(42)13-19(59-20(26)12-16)15-9-23(56-3)28(45)24(10-15)57-4/h5-13,29-36,39-41,44-49H,1-4H3,(H,50,51)(H,52,53)/t29-,30-,31-,32-,33-,34-,35+,36+,39+,40-/m0/s1. The molecular formula is C40H40O23. The van der Waals surface area contributed by atoms with Crippen molar-refractivity contribution in [3.63, 3.8) is 0 Å². The second-order valence-corrected chi connectivity index (χ2v) is 13.7. The van der Waals surface area contributed by atoms with Gasteiger partial charge in [-0.2, -0.15) is 0 Å². The first-order valence-corrected chi connectivity index (χ1v) is 18.3. The summed E-state index contributed by atoms with van der Waals surface area (Å²) < 4.78 is 54.3. The summed E-state index contributed by atoms with van der Waals surface area (Å²) >= 11 is 0. The Morgan fingerprint density at radius 3 is 1.68 bits per heavy atom. The van der Waals surface area contributed by atoms with E-state index in [1.54, 1.807) is 0 Å². The first-order chi connectivity index (χ1) is 29.9. The Morgan fingerprint density at radius 2 is 1.16 bits per heavy atom. The van der Waals surface area contributed by atoms with Gasteiger partial charge in [0.05, 0.1) is 28.4 Å². The van der Waals surface area contributed by atoms with Crippen molar-refractivity contribution in [1.82, 2.24) is 0 Å². The Labute approximate surface area is 353 Å². The number of hydrogen-bond acceptors (Lipinski definition) is 21. The number of benzene rings is 3. The van der Waals surface area contributed by atoms with E-state index in [2.05, 4.69) is 0 Å². The second kappa shape index (κ2) is 18.6. The third-order valence-corrected chi connectivity index (χ3v) is 9.84. The quantitative estimate of drug-likeness (QED) is 0.0597. The minimum atomic E-state index is -2.30. The normalized spacial score (nSPS) is 25.9. The summed E-state index contributed by atoms with van der Waals surface area (Å²) in [6, 6.07) is 8.24. The minimum Gasteiger partial charge on any atom is -0.507 e. The summed E-state index contributed by atoms with van der Waals surface area (Å²) in [5.74, 6) is -7.03. The number of carboxylic acids is 2. The lowest BCUT2D eigenvalue weighted by Crippen LogP contribution is -2.66. The average Bonchev–Trinajstić information content (AvgIpc) is 3.24. The molecular weight excluding hydrogens is 848 g/mol. The van der Waals surface area contributed by atoms with Gasteiger partial charge in [-0.25, -0.2) is 14.4 Å². The molecule has 23 heteroatoms. The number of carbonyl (C=O) groups excluding carboxylic acids is 1. The lowest BCUT2D eigenvalue weighted by molar-refractivity contribution is -0.350. The van der Waals surface area contributed by atoms with Gasteiger partial charge in [0, 0.05) is 29.8 Å². The second-order valence-electron chi connectivity index (χ2n) is 13.7. The molecule has 23 nitrogen and oxygen atoms in total. The monoisotopic (exact) mass is 888 g/mol. The van der Waals surface area contributed by atoms with E-state index < -0.39 is 96.2 Å². The predicted octanol–water partition coefficient (Wildman–Crippen LogP) is 0.0630. The molecule has 6 rings (SSSR count). The van der Waals surface area contributed by atoms with Crippen LogP contribution in [0, 0.1) is 0 Å². The number of methoxy groups -OCH3 is 4. The number of rotatable bonds is 14. The van der Waals surface area contributed by atoms with Crippen molar-refractivity contribution in [1.29, 1.82) is 0 Å². The van der Waals surface area contributed by atoms with Gasteiger partial charge in [0.1, 0.15) is 52.6 Å². The fraction of sp³-hybridized carbons (Fsp3) is 0.350. The van der Waals surface area contributed by atoms with E-state index in [4.69, 9.17) is 47.0 Å². The van der Waals surface area contributed by atoms with Gasteiger partial charge in [0.15, 0.2) is 59.1 Å². The zero-order valence-corrected chi connectivity index (χ0v) is 33.2. The maximum atomic E-state index is 13.3. The highest BCUT2D eigenvalue weighted by molar-refractivity contribution is 5.88. The molecule has 0 bridgehead atoms. The van der Waals surface area contributed by atoms with Gasteiger partial charge in [-0.3, -0.25) is 4.79 Å². The summed E-state index contributed by atoms with van der Waals surface area (Å²) in [6.45, 7) is 0. The lowest BCUT2D eigenvalue weighted by Gasteiger charge is -2.45. The Morgan fingerprint density at radius 1 is 0.651 bits per heavy atom. The molecule has 0 spiro atoms. The number of fused-ring (bicyclic) bond motifs is 1. The molecule has 2 aliphatic heterocycles. The van der Waals surface area contributed by atoms with Crippen LogP contribution in [0.3, 0.4) is 0 Å². The molecule has 0 radical (unpaired) electrons. The average molecular weight is 889 g/mol. The third kappa shape index (κ3) is 9.19. The number of esters is 1. The summed E-state index contributed by atoms with van der Waals surface area (Å²) in [5.41, 5.74) is -0.689. The molecule has 0 amide bonds. The number of aliphatic hydroxyl groups excluding tert-OH is 4. The summed E-state index contributed by atoms with van der Waals surface area (Å²) in [4.78, 5) is 50.6. The van der Waals surface area contributed by atoms with E-state index in [0.717, 1.165) is 24.3 Å². The van der Waals surface area contributed by atoms with Crippen LogP contribution in [0.4, 0.5) is 0 Å². The summed E-state index contributed by atoms with van der Waals surface area (Å²) in [7, 11) is 5.06. The van der Waals surface area contributed by atoms with Crippen molar-refractivity contribution in [2.75, 3.05) is 28.4 Å². The summed E-state index contributed by atoms with van der Waals surface area (Å²) in [5, 5.41) is 94.5. The molecule has 0 aliphatic carbocycles. The highest BCUT2D eigenvalue weighted by Gasteiger charge is 2.55. The van der Waals surface area contributed by atoms with Crippen molar-refractivity contribution in [3.05, 3.63) is 64.3 Å². The molecule has 2 saturated heterocycles. The Hall–Kier alpha value is -6.86. The van der Waals surface area contributed by atoms with Crippen molar-refractivity contribution < 1.29 is 107 Å². The number of aliphatic carboxylic acids is 2. The number of phenols is 3. The van der Waals surface area contributed by atoms with E-state index in [1.165, 1.54) is 58.8 Å². The highest BCUT2D eigenvalue weighted by Crippen LogP contribution is 2.42. The molecule has 63 heavy (non-hydrogen) atoms. The fourth-order valence-electron chi connectivity index (χ4n) is 6.68. The Kier molecular flexibility index (Phi) is 13.5. The van der Waals surface area contributed by atoms with Crippen LogP contribution in [-0.4, -0.2) is 154 Å². The number of carbonyl (C=O) groups is 3. The van der Waals surface area contributed by atoms with Crippen molar-refractivity contribution in [2.24, 2.45) is 0 Å². The smallest absolute Gasteiger partial charge is 0.335 e. The molecule has 338 valence electrons. The first kappa shape index (κ1) is 45.7. The molecule has 4 aromatic rings. The van der Waals surface area contributed by atoms with Gasteiger partial charge < -0.3 is 93.0 Å². The van der Waals surface area contributed by atoms with Crippen molar-refractivity contribution in [3.8, 4) is 57.3 Å². The van der Waals surface area contributed by atoms with Crippen LogP contribution in [-0.2, 0) is 33.3 Å². The largest absolute Gasteiger partial charge is 0.507 e. The van der Waals surface area contributed by atoms with Gasteiger partial charge in [-0.15, -0.1) is 0 Å². The number of carboxylic acid groups (broad SMARTS) is 2. The van der Waals surface area contributed by atoms with E-state index >= 15 is 0 Å². The molecule has 3 aromatic carbocycles. The van der Waals surface area contributed by atoms with Crippen LogP contribution in [0.1, 0.15) is 5.56 Å². The number of aromatic hydroxyl groups is 3. The van der Waals surface area contributed by atoms with Gasteiger partial charge in [0.25, 0.3) is 0 Å². The topological polar surface area (TPSA) is 347 Å². The maximum absolute atomic E-state index is 13.3. The summed E-state index contributed by atoms with van der Waals surface area (Å²) in [6.07, 6.45) is -20.2. The van der Waals surface area contributed by atoms with Crippen LogP contribution < -0.4 is 29.1 Å². The van der Waals surface area contributed by atoms with Crippen molar-refractivity contribution in [2.45, 2.75) is 61.4 Å². The Balaban J connectivity index is 1.34. The number of aliphatic hydroxyl groups is 4. The van der Waals surface area contributed by atoms with Crippen LogP contribution >= 0.6 is 0 Å². The van der Waals surface area contributed by atoms with Crippen LogP contribution in [0.5, 0.6) is 46.0 Å². The van der Waals surface area contributed by atoms with E-state index in [9.17, 15) is 65.1 Å². The molecule has 2 aliphatic rings. The van der Waals surface area contributed by atoms with Gasteiger partial charge in [0.2, 0.25) is 17.8 Å². The maximum Gasteiger partial charge on any atom is 0.335 e. The Bertz CT molecular complexity index is 2410. The number of hydrogen-bond donors (Lipinski definition) is 9. The number of ether oxygens (including phenoxy) is 9. The number of phenolic OH excluding ortho intramolecular Hbond substituents is 3. The fourth-order valence-corrected chi connectivity index (χ4v) is 6.68. The molecule has 2 fully saturated rings. The zero-order chi connectivity index (χ0) is 46.0. The molecule has 9 N–H and O–H groups in total. The minimum absolute atomic E-state index is 0.0310. The molecule has 0 saturated carbocycles. The van der Waals surface area contributed by atoms with Gasteiger partial charge in [-0.05, 0) is 35.9 Å². The van der Waals surface area contributed by atoms with E-state index in [-0.39, 0.29) is 62.4 Å². The van der Waals surface area contributed by atoms with Gasteiger partial charge >= 0.3 is 17.9 Å². The SMILES string of the molecule is COc1cc(C=CC(=O)O[C@H]2[C@H](O[C@H]3[C@H](Oc4cc(O)c5c(=O)cc(-c6cc(OC)c(O)c(OC)c6)oc5c4)O[C@H](C(=O)O)[C@@H](O)[C@@H]3O)O[C@H](C(=O)O)[C@@H](O)[C@@H]2O)cc(OC)c1O. The molecule has 3 heterocycles. The molecule has 10 atom stereocenters. The van der Waals surface area contributed by atoms with Crippen molar-refractivity contribution >= 4 is 35.0 Å². The van der Waals surface area contributed by atoms with Gasteiger partial charge in [-0.1, -0.05) is 0 Å².